The van der Waals surface area contributed by atoms with Crippen LogP contribution in [0.5, 0.6) is 0 Å². The molecule has 3 unspecified atom stereocenters. The molecule has 4 heteroatoms. The van der Waals surface area contributed by atoms with Gasteiger partial charge in [-0.3, -0.25) is 4.79 Å². The van der Waals surface area contributed by atoms with Crippen LogP contribution < -0.4 is 11.5 Å². The Morgan fingerprint density at radius 1 is 1.47 bits per heavy atom. The van der Waals surface area contributed by atoms with E-state index in [1.807, 2.05) is 0 Å². The first-order chi connectivity index (χ1) is 7.01. The zero-order valence-corrected chi connectivity index (χ0v) is 9.41. The largest absolute Gasteiger partial charge is 0.368 e. The van der Waals surface area contributed by atoms with Crippen LogP contribution in [0.4, 0.5) is 0 Å². The van der Waals surface area contributed by atoms with Gasteiger partial charge >= 0.3 is 0 Å². The molecule has 2 aliphatic rings. The highest BCUT2D eigenvalue weighted by Gasteiger charge is 2.43. The second-order valence-corrected chi connectivity index (χ2v) is 5.31. The van der Waals surface area contributed by atoms with Crippen LogP contribution in [0.2, 0.25) is 0 Å². The Balaban J connectivity index is 1.95. The van der Waals surface area contributed by atoms with Gasteiger partial charge in [-0.1, -0.05) is 6.92 Å². The predicted molar refractivity (Wildman–Crippen MR) is 59.1 cm³/mol. The number of carbonyl (C=O) groups is 1. The van der Waals surface area contributed by atoms with Gasteiger partial charge in [-0.25, -0.2) is 0 Å². The third-order valence-corrected chi connectivity index (χ3v) is 3.99. The highest BCUT2D eigenvalue weighted by Crippen LogP contribution is 2.33. The van der Waals surface area contributed by atoms with E-state index in [0.29, 0.717) is 6.04 Å². The van der Waals surface area contributed by atoms with E-state index in [0.717, 1.165) is 38.3 Å². The summed E-state index contributed by atoms with van der Waals surface area (Å²) in [5.74, 6) is 0.448. The van der Waals surface area contributed by atoms with E-state index in [-0.39, 0.29) is 5.91 Å². The second kappa shape index (κ2) is 3.76. The monoisotopic (exact) mass is 211 g/mol. The molecule has 4 N–H and O–H groups in total. The van der Waals surface area contributed by atoms with Gasteiger partial charge < -0.3 is 16.4 Å². The molecule has 1 saturated heterocycles. The molecule has 0 aromatic rings. The summed E-state index contributed by atoms with van der Waals surface area (Å²) >= 11 is 0. The fraction of sp³-hybridized carbons (Fsp3) is 0.909. The molecule has 3 atom stereocenters. The molecule has 0 aromatic carbocycles. The smallest absolute Gasteiger partial charge is 0.237 e. The summed E-state index contributed by atoms with van der Waals surface area (Å²) < 4.78 is 0. The third kappa shape index (κ3) is 2.01. The maximum atomic E-state index is 11.2. The SMILES string of the molecule is CC1CCN(C2CCC(N)(C(N)=O)C2)C1. The first-order valence-electron chi connectivity index (χ1n) is 5.84. The third-order valence-electron chi connectivity index (χ3n) is 3.99. The molecule has 2 rings (SSSR count). The van der Waals surface area contributed by atoms with Crippen LogP contribution >= 0.6 is 0 Å². The summed E-state index contributed by atoms with van der Waals surface area (Å²) in [7, 11) is 0. The molecule has 4 nitrogen and oxygen atoms in total. The van der Waals surface area contributed by atoms with Crippen molar-refractivity contribution in [3.8, 4) is 0 Å². The first-order valence-corrected chi connectivity index (χ1v) is 5.84. The molecule has 1 aliphatic heterocycles. The van der Waals surface area contributed by atoms with Crippen molar-refractivity contribution >= 4 is 5.91 Å². The Kier molecular flexibility index (Phi) is 2.73. The van der Waals surface area contributed by atoms with Crippen LogP contribution in [0.15, 0.2) is 0 Å². The summed E-state index contributed by atoms with van der Waals surface area (Å²) in [4.78, 5) is 13.7. The van der Waals surface area contributed by atoms with Gasteiger partial charge in [-0.05, 0) is 38.1 Å². The molecule has 0 bridgehead atoms. The molecule has 0 spiro atoms. The standard InChI is InChI=1S/C11H21N3O/c1-8-3-5-14(7-8)9-2-4-11(13,6-9)10(12)15/h8-9H,2-7,13H2,1H3,(H2,12,15). The highest BCUT2D eigenvalue weighted by atomic mass is 16.1. The second-order valence-electron chi connectivity index (χ2n) is 5.31. The van der Waals surface area contributed by atoms with Crippen LogP contribution in [-0.4, -0.2) is 35.5 Å². The molecular formula is C11H21N3O. The predicted octanol–water partition coefficient (Wildman–Crippen LogP) is 0.0635. The van der Waals surface area contributed by atoms with Crippen molar-refractivity contribution in [1.82, 2.24) is 4.90 Å². The normalized spacial score (nSPS) is 42.3. The molecular weight excluding hydrogens is 190 g/mol. The van der Waals surface area contributed by atoms with Gasteiger partial charge in [0.2, 0.25) is 5.91 Å². The van der Waals surface area contributed by atoms with E-state index in [2.05, 4.69) is 11.8 Å². The van der Waals surface area contributed by atoms with Gasteiger partial charge in [-0.2, -0.15) is 0 Å². The highest BCUT2D eigenvalue weighted by molar-refractivity contribution is 5.84. The number of nitrogens with two attached hydrogens (primary N) is 2. The van der Waals surface area contributed by atoms with Gasteiger partial charge in [0.25, 0.3) is 0 Å². The van der Waals surface area contributed by atoms with Crippen LogP contribution in [-0.2, 0) is 4.79 Å². The summed E-state index contributed by atoms with van der Waals surface area (Å²) in [5.41, 5.74) is 10.6. The van der Waals surface area contributed by atoms with Crippen LogP contribution in [0.25, 0.3) is 0 Å². The van der Waals surface area contributed by atoms with Gasteiger partial charge in [0.05, 0.1) is 5.54 Å². The van der Waals surface area contributed by atoms with Crippen molar-refractivity contribution < 1.29 is 4.79 Å². The van der Waals surface area contributed by atoms with E-state index in [1.165, 1.54) is 6.42 Å². The summed E-state index contributed by atoms with van der Waals surface area (Å²) in [5, 5.41) is 0. The quantitative estimate of drug-likeness (QED) is 0.678. The Hall–Kier alpha value is -0.610. The number of rotatable bonds is 2. The van der Waals surface area contributed by atoms with Crippen LogP contribution in [0, 0.1) is 5.92 Å². The lowest BCUT2D eigenvalue weighted by Crippen LogP contribution is -2.51. The van der Waals surface area contributed by atoms with Crippen molar-refractivity contribution in [2.75, 3.05) is 13.1 Å². The summed E-state index contributed by atoms with van der Waals surface area (Å²) in [6.07, 6.45) is 3.78. The van der Waals surface area contributed by atoms with Crippen molar-refractivity contribution in [2.45, 2.75) is 44.2 Å². The maximum Gasteiger partial charge on any atom is 0.237 e. The summed E-state index contributed by atoms with van der Waals surface area (Å²) in [6.45, 7) is 4.58. The molecule has 2 fully saturated rings. The first kappa shape index (κ1) is 10.9. The van der Waals surface area contributed by atoms with Crippen molar-refractivity contribution in [3.63, 3.8) is 0 Å². The minimum Gasteiger partial charge on any atom is -0.368 e. The van der Waals surface area contributed by atoms with Gasteiger partial charge in [0.15, 0.2) is 0 Å². The zero-order chi connectivity index (χ0) is 11.1. The van der Waals surface area contributed by atoms with Gasteiger partial charge in [0, 0.05) is 12.6 Å². The Morgan fingerprint density at radius 3 is 2.67 bits per heavy atom. The molecule has 1 aliphatic carbocycles. The minimum absolute atomic E-state index is 0.336. The van der Waals surface area contributed by atoms with E-state index in [1.54, 1.807) is 0 Å². The number of amides is 1. The van der Waals surface area contributed by atoms with E-state index < -0.39 is 5.54 Å². The number of nitrogens with zero attached hydrogens (tertiary/aromatic N) is 1. The molecule has 0 aromatic heterocycles. The van der Waals surface area contributed by atoms with E-state index in [4.69, 9.17) is 11.5 Å². The lowest BCUT2D eigenvalue weighted by Gasteiger charge is -2.25. The fourth-order valence-corrected chi connectivity index (χ4v) is 2.88. The minimum atomic E-state index is -0.740. The van der Waals surface area contributed by atoms with Crippen molar-refractivity contribution in [1.29, 1.82) is 0 Å². The maximum absolute atomic E-state index is 11.2. The molecule has 15 heavy (non-hydrogen) atoms. The van der Waals surface area contributed by atoms with Crippen molar-refractivity contribution in [3.05, 3.63) is 0 Å². The molecule has 1 saturated carbocycles. The summed E-state index contributed by atoms with van der Waals surface area (Å²) in [6, 6.07) is 0.479. The number of likely N-dealkylation sites (tertiary alicyclic amines) is 1. The zero-order valence-electron chi connectivity index (χ0n) is 9.41. The number of hydrogen-bond acceptors (Lipinski definition) is 3. The van der Waals surface area contributed by atoms with E-state index in [9.17, 15) is 4.79 Å². The molecule has 1 amide bonds. The van der Waals surface area contributed by atoms with Crippen molar-refractivity contribution in [2.24, 2.45) is 17.4 Å². The lowest BCUT2D eigenvalue weighted by molar-refractivity contribution is -0.123. The number of primary amides is 1. The number of carbonyl (C=O) groups excluding carboxylic acids is 1. The number of hydrogen-bond donors (Lipinski definition) is 2. The van der Waals surface area contributed by atoms with Gasteiger partial charge in [0.1, 0.15) is 0 Å². The fourth-order valence-electron chi connectivity index (χ4n) is 2.88. The Bertz CT molecular complexity index is 269. The lowest BCUT2D eigenvalue weighted by atomic mass is 9.98. The van der Waals surface area contributed by atoms with Crippen LogP contribution in [0.3, 0.4) is 0 Å². The molecule has 0 radical (unpaired) electrons. The van der Waals surface area contributed by atoms with E-state index >= 15 is 0 Å². The average Bonchev–Trinajstić information content (AvgIpc) is 2.73. The average molecular weight is 211 g/mol. The molecule has 1 heterocycles. The topological polar surface area (TPSA) is 72.3 Å². The molecule has 86 valence electrons. The van der Waals surface area contributed by atoms with Gasteiger partial charge in [-0.15, -0.1) is 0 Å². The van der Waals surface area contributed by atoms with Crippen LogP contribution in [0.1, 0.15) is 32.6 Å². The Labute approximate surface area is 91.0 Å². The Morgan fingerprint density at radius 2 is 2.20 bits per heavy atom.